The van der Waals surface area contributed by atoms with Gasteiger partial charge in [-0.25, -0.2) is 0 Å². The number of rotatable bonds is 10. The quantitative estimate of drug-likeness (QED) is 0.114. The zero-order chi connectivity index (χ0) is 37.9. The number of hydrogen-bond donors (Lipinski definition) is 0. The van der Waals surface area contributed by atoms with Crippen LogP contribution in [0.1, 0.15) is 31.8 Å². The first-order chi connectivity index (χ1) is 24.6. The van der Waals surface area contributed by atoms with Crippen LogP contribution in [0.25, 0.3) is 0 Å². The van der Waals surface area contributed by atoms with Crippen molar-refractivity contribution in [2.45, 2.75) is 41.8 Å². The molecule has 2 aliphatic rings. The van der Waals surface area contributed by atoms with E-state index in [2.05, 4.69) is 0 Å². The van der Waals surface area contributed by atoms with Crippen molar-refractivity contribution < 1.29 is 54.9 Å². The first kappa shape index (κ1) is 39.6. The molecule has 0 spiro atoms. The average Bonchev–Trinajstić information content (AvgIpc) is 3.49. The Bertz CT molecular complexity index is 1790. The van der Waals surface area contributed by atoms with E-state index in [1.165, 1.54) is 40.6 Å². The molecule has 2 atom stereocenters. The SMILES string of the molecule is COc1cc2c(cc1OC)C(=O)[C@](Sc1ccccc1)(SC(F)(F)F)C2.COc1cc2c(cc1OC)C(=O)[C@](Sc1ccccc1)(SC(F)(F)F)C2. The van der Waals surface area contributed by atoms with Crippen LogP contribution in [0.15, 0.2) is 94.7 Å². The van der Waals surface area contributed by atoms with E-state index >= 15 is 0 Å². The van der Waals surface area contributed by atoms with E-state index in [0.29, 0.717) is 43.9 Å². The number of fused-ring (bicyclic) bond motifs is 2. The fraction of sp³-hybridized carbons (Fsp3) is 0.278. The first-order valence-corrected chi connectivity index (χ1v) is 18.4. The number of hydrogen-bond acceptors (Lipinski definition) is 10. The molecule has 0 bridgehead atoms. The molecule has 0 saturated heterocycles. The molecule has 0 aromatic heterocycles. The number of alkyl halides is 6. The van der Waals surface area contributed by atoms with Crippen molar-refractivity contribution in [1.82, 2.24) is 0 Å². The van der Waals surface area contributed by atoms with Crippen LogP contribution in [-0.2, 0) is 12.8 Å². The Morgan fingerprint density at radius 2 is 0.827 bits per heavy atom. The molecule has 0 radical (unpaired) electrons. The van der Waals surface area contributed by atoms with Gasteiger partial charge < -0.3 is 18.9 Å². The van der Waals surface area contributed by atoms with E-state index in [0.717, 1.165) is 23.5 Å². The maximum atomic E-state index is 13.3. The minimum absolute atomic E-state index is 0.0503. The van der Waals surface area contributed by atoms with Crippen molar-refractivity contribution in [2.75, 3.05) is 28.4 Å². The molecule has 0 aliphatic heterocycles. The van der Waals surface area contributed by atoms with E-state index in [1.54, 1.807) is 72.8 Å². The van der Waals surface area contributed by atoms with Gasteiger partial charge in [0, 0.05) is 33.8 Å². The van der Waals surface area contributed by atoms with E-state index in [9.17, 15) is 35.9 Å². The van der Waals surface area contributed by atoms with Gasteiger partial charge in [-0.1, -0.05) is 59.9 Å². The molecule has 0 fully saturated rings. The second-order valence-electron chi connectivity index (χ2n) is 11.2. The Hall–Kier alpha value is -3.60. The molecule has 276 valence electrons. The van der Waals surface area contributed by atoms with Crippen molar-refractivity contribution >= 4 is 58.6 Å². The molecule has 2 aliphatic carbocycles. The highest BCUT2D eigenvalue weighted by atomic mass is 32.2. The molecule has 4 aromatic rings. The molecule has 16 heteroatoms. The van der Waals surface area contributed by atoms with Gasteiger partial charge in [-0.2, -0.15) is 26.3 Å². The van der Waals surface area contributed by atoms with Crippen molar-refractivity contribution in [3.05, 3.63) is 107 Å². The number of ketones is 2. The molecular formula is C36H30F6O6S4. The third-order valence-electron chi connectivity index (χ3n) is 7.86. The smallest absolute Gasteiger partial charge is 0.443 e. The van der Waals surface area contributed by atoms with Crippen LogP contribution in [0, 0.1) is 0 Å². The fourth-order valence-electron chi connectivity index (χ4n) is 5.73. The summed E-state index contributed by atoms with van der Waals surface area (Å²) in [4.78, 5) is 27.3. The molecule has 6 nitrogen and oxygen atoms in total. The van der Waals surface area contributed by atoms with Gasteiger partial charge in [0.2, 0.25) is 0 Å². The molecule has 0 unspecified atom stereocenters. The van der Waals surface area contributed by atoms with Crippen LogP contribution in [0.3, 0.4) is 0 Å². The molecule has 52 heavy (non-hydrogen) atoms. The van der Waals surface area contributed by atoms with Crippen molar-refractivity contribution in [3.8, 4) is 23.0 Å². The summed E-state index contributed by atoms with van der Waals surface area (Å²) in [6.07, 6.45) is -0.101. The highest BCUT2D eigenvalue weighted by Crippen LogP contribution is 2.58. The molecule has 0 N–H and O–H groups in total. The summed E-state index contributed by atoms with van der Waals surface area (Å²) in [5.41, 5.74) is -7.58. The second-order valence-corrected chi connectivity index (χ2v) is 17.2. The number of ether oxygens (including phenoxy) is 4. The molecule has 0 amide bonds. The molecule has 4 aromatic carbocycles. The maximum Gasteiger partial charge on any atom is 0.443 e. The van der Waals surface area contributed by atoms with Crippen LogP contribution in [0.4, 0.5) is 26.3 Å². The minimum atomic E-state index is -4.55. The third kappa shape index (κ3) is 8.77. The molecule has 0 saturated carbocycles. The summed E-state index contributed by atoms with van der Waals surface area (Å²) in [5.74, 6) is 0.275. The Kier molecular flexibility index (Phi) is 12.0. The number of carbonyl (C=O) groups is 2. The highest BCUT2D eigenvalue weighted by molar-refractivity contribution is 8.20. The Morgan fingerprint density at radius 1 is 0.519 bits per heavy atom. The number of halogens is 6. The Balaban J connectivity index is 0.000000201. The van der Waals surface area contributed by atoms with Gasteiger partial charge in [0.05, 0.1) is 28.4 Å². The maximum absolute atomic E-state index is 13.3. The van der Waals surface area contributed by atoms with Gasteiger partial charge in [0.25, 0.3) is 0 Å². The first-order valence-electron chi connectivity index (χ1n) is 15.2. The molecule has 0 heterocycles. The van der Waals surface area contributed by atoms with E-state index in [4.69, 9.17) is 18.9 Å². The Morgan fingerprint density at radius 3 is 1.12 bits per heavy atom. The number of Topliss-reactive ketones (excluding diaryl/α,β-unsaturated/α-hetero) is 2. The van der Waals surface area contributed by atoms with Gasteiger partial charge in [0.1, 0.15) is 8.16 Å². The molecule has 6 rings (SSSR count). The summed E-state index contributed by atoms with van der Waals surface area (Å²) in [6.45, 7) is 0. The average molecular weight is 801 g/mol. The third-order valence-corrected chi connectivity index (χ3v) is 13.0. The largest absolute Gasteiger partial charge is 0.493 e. The van der Waals surface area contributed by atoms with Gasteiger partial charge in [0.15, 0.2) is 34.6 Å². The Labute approximate surface area is 312 Å². The standard InChI is InChI=1S/2C18H15F3O3S2/c2*1-23-14-8-11-10-17(26-18(19,20)21,25-12-6-4-3-5-7-12)16(22)13(11)9-15(14)24-2/h2*3-9H,10H2,1-2H3/t2*17-/m11/s1. The summed E-state index contributed by atoms with van der Waals surface area (Å²) in [6, 6.07) is 23.3. The summed E-state index contributed by atoms with van der Waals surface area (Å²) >= 11 is 1.32. The summed E-state index contributed by atoms with van der Waals surface area (Å²) in [7, 11) is 5.72. The lowest BCUT2D eigenvalue weighted by Crippen LogP contribution is -2.31. The van der Waals surface area contributed by atoms with Crippen LogP contribution >= 0.6 is 47.0 Å². The van der Waals surface area contributed by atoms with Gasteiger partial charge in [-0.15, -0.1) is 0 Å². The van der Waals surface area contributed by atoms with Crippen molar-refractivity contribution in [2.24, 2.45) is 0 Å². The zero-order valence-corrected chi connectivity index (χ0v) is 31.1. The lowest BCUT2D eigenvalue weighted by atomic mass is 10.1. The van der Waals surface area contributed by atoms with Crippen LogP contribution in [-0.4, -0.2) is 59.2 Å². The van der Waals surface area contributed by atoms with Crippen LogP contribution < -0.4 is 18.9 Å². The lowest BCUT2D eigenvalue weighted by Gasteiger charge is -2.27. The van der Waals surface area contributed by atoms with Crippen LogP contribution in [0.2, 0.25) is 0 Å². The summed E-state index contributed by atoms with van der Waals surface area (Å²) in [5, 5.41) is 0. The normalized spacial score (nSPS) is 19.3. The number of methoxy groups -OCH3 is 4. The number of benzene rings is 4. The summed E-state index contributed by atoms with van der Waals surface area (Å²) < 4.78 is 97.1. The highest BCUT2D eigenvalue weighted by Gasteiger charge is 2.55. The van der Waals surface area contributed by atoms with E-state index in [1.807, 2.05) is 0 Å². The van der Waals surface area contributed by atoms with Crippen LogP contribution in [0.5, 0.6) is 23.0 Å². The van der Waals surface area contributed by atoms with E-state index in [-0.39, 0.29) is 47.5 Å². The monoisotopic (exact) mass is 800 g/mol. The number of thioether (sulfide) groups is 4. The fourth-order valence-corrected chi connectivity index (χ4v) is 11.0. The van der Waals surface area contributed by atoms with Gasteiger partial charge >= 0.3 is 11.0 Å². The van der Waals surface area contributed by atoms with Crippen molar-refractivity contribution in [1.29, 1.82) is 0 Å². The second kappa shape index (κ2) is 15.8. The predicted molar refractivity (Wildman–Crippen MR) is 193 cm³/mol. The zero-order valence-electron chi connectivity index (χ0n) is 27.8. The minimum Gasteiger partial charge on any atom is -0.493 e. The predicted octanol–water partition coefficient (Wildman–Crippen LogP) is 10.4. The van der Waals surface area contributed by atoms with Gasteiger partial charge in [-0.3, -0.25) is 9.59 Å². The van der Waals surface area contributed by atoms with Gasteiger partial charge in [-0.05, 0) is 83.2 Å². The van der Waals surface area contributed by atoms with Crippen molar-refractivity contribution in [3.63, 3.8) is 0 Å². The van der Waals surface area contributed by atoms with E-state index < -0.39 is 30.7 Å². The topological polar surface area (TPSA) is 71.1 Å². The molecular weight excluding hydrogens is 771 g/mol. The number of carbonyl (C=O) groups excluding carboxylic acids is 2. The lowest BCUT2D eigenvalue weighted by molar-refractivity contribution is -0.0343.